The first-order chi connectivity index (χ1) is 8.01. The Morgan fingerprint density at radius 1 is 1.47 bits per heavy atom. The van der Waals surface area contributed by atoms with Gasteiger partial charge in [-0.3, -0.25) is 0 Å². The fourth-order valence-corrected chi connectivity index (χ4v) is 2.06. The fraction of sp³-hybridized carbons (Fsp3) is 0.357. The van der Waals surface area contributed by atoms with Gasteiger partial charge in [-0.2, -0.15) is 0 Å². The molecule has 3 heteroatoms. The van der Waals surface area contributed by atoms with Crippen LogP contribution in [0.1, 0.15) is 35.3 Å². The molecule has 92 valence electrons. The van der Waals surface area contributed by atoms with E-state index in [-0.39, 0.29) is 6.10 Å². The molecular weight excluding hydrogens is 236 g/mol. The molecule has 17 heavy (non-hydrogen) atoms. The van der Waals surface area contributed by atoms with Crippen LogP contribution in [0.2, 0.25) is 0 Å². The van der Waals surface area contributed by atoms with Crippen LogP contribution in [-0.4, -0.2) is 5.97 Å². The van der Waals surface area contributed by atoms with Crippen LogP contribution in [0.15, 0.2) is 24.8 Å². The second-order valence-electron chi connectivity index (χ2n) is 3.98. The number of halogens is 1. The van der Waals surface area contributed by atoms with E-state index in [4.69, 9.17) is 16.3 Å². The summed E-state index contributed by atoms with van der Waals surface area (Å²) in [7, 11) is 0. The van der Waals surface area contributed by atoms with E-state index < -0.39 is 5.97 Å². The van der Waals surface area contributed by atoms with Gasteiger partial charge in [-0.1, -0.05) is 18.7 Å². The summed E-state index contributed by atoms with van der Waals surface area (Å²) >= 11 is 5.84. The standard InChI is InChI=1S/C14H17ClO2/c1-5-14(16)17-11(4)13-7-6-12(8-15)9(2)10(13)3/h5-7,11H,1,8H2,2-4H3. The van der Waals surface area contributed by atoms with Crippen LogP contribution < -0.4 is 0 Å². The summed E-state index contributed by atoms with van der Waals surface area (Å²) in [6.07, 6.45) is 0.898. The quantitative estimate of drug-likeness (QED) is 0.462. The SMILES string of the molecule is C=CC(=O)OC(C)c1ccc(CCl)c(C)c1C. The average Bonchev–Trinajstić information content (AvgIpc) is 2.32. The number of carbonyl (C=O) groups excluding carboxylic acids is 1. The zero-order valence-corrected chi connectivity index (χ0v) is 11.2. The Labute approximate surface area is 107 Å². The molecule has 1 unspecified atom stereocenters. The van der Waals surface area contributed by atoms with Gasteiger partial charge in [-0.25, -0.2) is 4.79 Å². The molecule has 1 aromatic rings. The molecule has 0 fully saturated rings. The third-order valence-electron chi connectivity index (χ3n) is 2.98. The summed E-state index contributed by atoms with van der Waals surface area (Å²) in [5, 5.41) is 0. The van der Waals surface area contributed by atoms with Gasteiger partial charge in [0, 0.05) is 12.0 Å². The van der Waals surface area contributed by atoms with E-state index in [1.165, 1.54) is 6.08 Å². The highest BCUT2D eigenvalue weighted by molar-refractivity contribution is 6.17. The predicted molar refractivity (Wildman–Crippen MR) is 70.2 cm³/mol. The fourth-order valence-electron chi connectivity index (χ4n) is 1.77. The molecule has 0 saturated carbocycles. The third-order valence-corrected chi connectivity index (χ3v) is 3.27. The van der Waals surface area contributed by atoms with E-state index in [1.807, 2.05) is 32.9 Å². The highest BCUT2D eigenvalue weighted by Crippen LogP contribution is 2.26. The molecular formula is C14H17ClO2. The Morgan fingerprint density at radius 3 is 2.65 bits per heavy atom. The minimum Gasteiger partial charge on any atom is -0.455 e. The maximum Gasteiger partial charge on any atom is 0.330 e. The normalized spacial score (nSPS) is 12.0. The lowest BCUT2D eigenvalue weighted by molar-refractivity contribution is -0.142. The van der Waals surface area contributed by atoms with Crippen molar-refractivity contribution in [1.29, 1.82) is 0 Å². The van der Waals surface area contributed by atoms with Crippen molar-refractivity contribution in [1.82, 2.24) is 0 Å². The molecule has 1 aromatic carbocycles. The molecule has 1 rings (SSSR count). The van der Waals surface area contributed by atoms with Crippen molar-refractivity contribution < 1.29 is 9.53 Å². The van der Waals surface area contributed by atoms with Gasteiger partial charge >= 0.3 is 5.97 Å². The first-order valence-corrected chi connectivity index (χ1v) is 6.02. The monoisotopic (exact) mass is 252 g/mol. The Bertz CT molecular complexity index is 438. The Hall–Kier alpha value is -1.28. The number of esters is 1. The van der Waals surface area contributed by atoms with Crippen molar-refractivity contribution >= 4 is 17.6 Å². The summed E-state index contributed by atoms with van der Waals surface area (Å²) in [5.74, 6) is 0.0873. The molecule has 0 heterocycles. The molecule has 2 nitrogen and oxygen atoms in total. The van der Waals surface area contributed by atoms with Gasteiger partial charge in [0.2, 0.25) is 0 Å². The minimum absolute atomic E-state index is 0.274. The van der Waals surface area contributed by atoms with Crippen LogP contribution in [0, 0.1) is 13.8 Å². The number of rotatable bonds is 4. The van der Waals surface area contributed by atoms with Gasteiger partial charge in [0.05, 0.1) is 0 Å². The van der Waals surface area contributed by atoms with Crippen LogP contribution in [0.5, 0.6) is 0 Å². The Morgan fingerprint density at radius 2 is 2.12 bits per heavy atom. The van der Waals surface area contributed by atoms with Crippen molar-refractivity contribution in [3.63, 3.8) is 0 Å². The third kappa shape index (κ3) is 3.10. The van der Waals surface area contributed by atoms with Crippen LogP contribution in [0.3, 0.4) is 0 Å². The molecule has 0 aliphatic rings. The van der Waals surface area contributed by atoms with Crippen molar-refractivity contribution in [2.24, 2.45) is 0 Å². The molecule has 0 aliphatic carbocycles. The lowest BCUT2D eigenvalue weighted by Gasteiger charge is -2.17. The topological polar surface area (TPSA) is 26.3 Å². The summed E-state index contributed by atoms with van der Waals surface area (Å²) in [6.45, 7) is 9.27. The van der Waals surface area contributed by atoms with Crippen molar-refractivity contribution in [2.75, 3.05) is 0 Å². The lowest BCUT2D eigenvalue weighted by atomic mass is 9.96. The number of ether oxygens (including phenoxy) is 1. The number of hydrogen-bond acceptors (Lipinski definition) is 2. The van der Waals surface area contributed by atoms with Crippen LogP contribution in [0.25, 0.3) is 0 Å². The smallest absolute Gasteiger partial charge is 0.330 e. The first-order valence-electron chi connectivity index (χ1n) is 5.49. The highest BCUT2D eigenvalue weighted by Gasteiger charge is 2.14. The Balaban J connectivity index is 3.03. The predicted octanol–water partition coefficient (Wildman–Crippen LogP) is 3.83. The maximum absolute atomic E-state index is 11.2. The largest absolute Gasteiger partial charge is 0.455 e. The van der Waals surface area contributed by atoms with E-state index in [0.29, 0.717) is 5.88 Å². The van der Waals surface area contributed by atoms with Crippen molar-refractivity contribution in [3.8, 4) is 0 Å². The van der Waals surface area contributed by atoms with Gasteiger partial charge in [0.25, 0.3) is 0 Å². The summed E-state index contributed by atoms with van der Waals surface area (Å²) < 4.78 is 5.20. The van der Waals surface area contributed by atoms with Gasteiger partial charge < -0.3 is 4.74 Å². The van der Waals surface area contributed by atoms with Crippen molar-refractivity contribution in [3.05, 3.63) is 47.0 Å². The van der Waals surface area contributed by atoms with E-state index >= 15 is 0 Å². The molecule has 0 radical (unpaired) electrons. The molecule has 0 N–H and O–H groups in total. The molecule has 0 aromatic heterocycles. The van der Waals surface area contributed by atoms with E-state index in [9.17, 15) is 4.79 Å². The molecule has 0 spiro atoms. The highest BCUT2D eigenvalue weighted by atomic mass is 35.5. The molecule has 0 bridgehead atoms. The van der Waals surface area contributed by atoms with Gasteiger partial charge in [-0.05, 0) is 43.0 Å². The zero-order valence-electron chi connectivity index (χ0n) is 10.4. The van der Waals surface area contributed by atoms with E-state index in [2.05, 4.69) is 6.58 Å². The first kappa shape index (κ1) is 13.8. The van der Waals surface area contributed by atoms with Crippen molar-refractivity contribution in [2.45, 2.75) is 32.8 Å². The zero-order chi connectivity index (χ0) is 13.0. The summed E-state index contributed by atoms with van der Waals surface area (Å²) in [6, 6.07) is 3.93. The number of carbonyl (C=O) groups is 1. The molecule has 1 atom stereocenters. The second-order valence-corrected chi connectivity index (χ2v) is 4.25. The van der Waals surface area contributed by atoms with Gasteiger partial charge in [0.1, 0.15) is 6.10 Å². The number of hydrogen-bond donors (Lipinski definition) is 0. The molecule has 0 saturated heterocycles. The van der Waals surface area contributed by atoms with Gasteiger partial charge in [-0.15, -0.1) is 11.6 Å². The van der Waals surface area contributed by atoms with Crippen LogP contribution in [0.4, 0.5) is 0 Å². The van der Waals surface area contributed by atoms with Crippen LogP contribution in [-0.2, 0) is 15.4 Å². The van der Waals surface area contributed by atoms with Gasteiger partial charge in [0.15, 0.2) is 0 Å². The summed E-state index contributed by atoms with van der Waals surface area (Å²) in [5.41, 5.74) is 4.38. The lowest BCUT2D eigenvalue weighted by Crippen LogP contribution is -2.08. The maximum atomic E-state index is 11.2. The van der Waals surface area contributed by atoms with E-state index in [1.54, 1.807) is 0 Å². The number of benzene rings is 1. The average molecular weight is 253 g/mol. The minimum atomic E-state index is -0.407. The van der Waals surface area contributed by atoms with Crippen LogP contribution >= 0.6 is 11.6 Å². The Kier molecular flexibility index (Phi) is 4.76. The van der Waals surface area contributed by atoms with E-state index in [0.717, 1.165) is 22.3 Å². The summed E-state index contributed by atoms with van der Waals surface area (Å²) in [4.78, 5) is 11.2. The molecule has 0 amide bonds. The number of alkyl halides is 1. The second kappa shape index (κ2) is 5.87. The molecule has 0 aliphatic heterocycles.